The lowest BCUT2D eigenvalue weighted by Gasteiger charge is -2.13. The summed E-state index contributed by atoms with van der Waals surface area (Å²) in [4.78, 5) is 28.0. The fraction of sp³-hybridized carbons (Fsp3) is 0.238. The number of fused-ring (bicyclic) bond motifs is 1. The van der Waals surface area contributed by atoms with E-state index in [1.807, 2.05) is 0 Å². The Kier molecular flexibility index (Phi) is 5.60. The molecule has 1 aliphatic heterocycles. The number of nitrogens with one attached hydrogen (secondary N) is 3. The minimum Gasteiger partial charge on any atom is -0.367 e. The molecule has 0 unspecified atom stereocenters. The highest BCUT2D eigenvalue weighted by Crippen LogP contribution is 2.29. The van der Waals surface area contributed by atoms with Gasteiger partial charge in [-0.2, -0.15) is 9.61 Å². The Balaban J connectivity index is 1.77. The lowest BCUT2D eigenvalue weighted by molar-refractivity contribution is -0.124. The predicted molar refractivity (Wildman–Crippen MR) is 117 cm³/mol. The zero-order valence-electron chi connectivity index (χ0n) is 16.7. The van der Waals surface area contributed by atoms with Crippen LogP contribution in [0.4, 0.5) is 16.0 Å². The largest absolute Gasteiger partial charge is 0.367 e. The number of halogens is 2. The highest BCUT2D eigenvalue weighted by atomic mass is 35.5. The molecule has 2 aromatic rings. The monoisotopic (exact) mass is 442 g/mol. The van der Waals surface area contributed by atoms with E-state index < -0.39 is 11.7 Å². The number of aromatic nitrogens is 3. The molecule has 1 saturated carbocycles. The van der Waals surface area contributed by atoms with Crippen molar-refractivity contribution in [1.29, 1.82) is 0 Å². The van der Waals surface area contributed by atoms with Crippen molar-refractivity contribution >= 4 is 46.8 Å². The van der Waals surface area contributed by atoms with Crippen LogP contribution in [-0.4, -0.2) is 32.5 Å². The zero-order valence-corrected chi connectivity index (χ0v) is 17.5. The van der Waals surface area contributed by atoms with Crippen LogP contribution in [0, 0.1) is 0 Å². The average molecular weight is 443 g/mol. The molecule has 2 aliphatic rings. The summed E-state index contributed by atoms with van der Waals surface area (Å²) in [6.45, 7) is 5.11. The standard InChI is InChI=1S/C21H20ClFN6O2/c1-3-14(23)19(22)15(4-2)26-16-9-17(25-13-5-6-13)29-20(27-16)12(10-24-29)7-11-8-18(30)28-21(11)31/h3-4,7,9-10,13,25H,1,5-6,8H2,2H3,(H,26,27)(H,28,30,31)/b11-7+,15-4+,19-14-. The fourth-order valence-electron chi connectivity index (χ4n) is 3.10. The first-order chi connectivity index (χ1) is 14.9. The normalized spacial score (nSPS) is 18.9. The van der Waals surface area contributed by atoms with Crippen LogP contribution in [0.1, 0.15) is 31.7 Å². The number of anilines is 2. The van der Waals surface area contributed by atoms with E-state index in [-0.39, 0.29) is 17.4 Å². The van der Waals surface area contributed by atoms with Gasteiger partial charge in [-0.05, 0) is 31.9 Å². The second-order valence-corrected chi connectivity index (χ2v) is 7.58. The van der Waals surface area contributed by atoms with E-state index in [0.717, 1.165) is 18.9 Å². The van der Waals surface area contributed by atoms with Crippen LogP contribution in [0.3, 0.4) is 0 Å². The third kappa shape index (κ3) is 4.36. The fourth-order valence-corrected chi connectivity index (χ4v) is 3.34. The van der Waals surface area contributed by atoms with E-state index in [4.69, 9.17) is 11.6 Å². The van der Waals surface area contributed by atoms with Crippen LogP contribution >= 0.6 is 11.6 Å². The van der Waals surface area contributed by atoms with Gasteiger partial charge in [-0.3, -0.25) is 14.9 Å². The Morgan fingerprint density at radius 3 is 2.81 bits per heavy atom. The van der Waals surface area contributed by atoms with Gasteiger partial charge in [0.05, 0.1) is 23.3 Å². The number of rotatable bonds is 7. The van der Waals surface area contributed by atoms with E-state index in [2.05, 4.69) is 32.6 Å². The van der Waals surface area contributed by atoms with Gasteiger partial charge in [0.2, 0.25) is 5.91 Å². The van der Waals surface area contributed by atoms with Crippen molar-refractivity contribution in [1.82, 2.24) is 19.9 Å². The van der Waals surface area contributed by atoms with Crippen molar-refractivity contribution in [3.05, 3.63) is 58.7 Å². The van der Waals surface area contributed by atoms with Crippen LogP contribution in [0.2, 0.25) is 0 Å². The molecule has 2 amide bonds. The number of carbonyl (C=O) groups excluding carboxylic acids is 2. The van der Waals surface area contributed by atoms with Gasteiger partial charge in [0.15, 0.2) is 5.65 Å². The van der Waals surface area contributed by atoms with Crippen LogP contribution in [0.15, 0.2) is 53.1 Å². The maximum Gasteiger partial charge on any atom is 0.254 e. The molecular weight excluding hydrogens is 423 g/mol. The molecule has 10 heteroatoms. The SMILES string of the molecule is C=C/C(F)=C(Cl)\C(=C/C)Nc1cc(NC2CC2)n2ncc(/C=C3\CC(=O)NC3=O)c2n1. The molecule has 0 bridgehead atoms. The number of hydrogen-bond acceptors (Lipinski definition) is 6. The number of nitrogens with zero attached hydrogens (tertiary/aromatic N) is 3. The molecule has 4 rings (SSSR count). The van der Waals surface area contributed by atoms with Crippen molar-refractivity contribution in [2.24, 2.45) is 0 Å². The number of amides is 2. The van der Waals surface area contributed by atoms with Gasteiger partial charge in [-0.25, -0.2) is 9.37 Å². The van der Waals surface area contributed by atoms with Crippen LogP contribution in [0.5, 0.6) is 0 Å². The predicted octanol–water partition coefficient (Wildman–Crippen LogP) is 3.66. The van der Waals surface area contributed by atoms with Gasteiger partial charge < -0.3 is 10.6 Å². The summed E-state index contributed by atoms with van der Waals surface area (Å²) in [6.07, 6.45) is 7.93. The van der Waals surface area contributed by atoms with Crippen molar-refractivity contribution in [3.8, 4) is 0 Å². The molecule has 160 valence electrons. The minimum atomic E-state index is -0.661. The lowest BCUT2D eigenvalue weighted by Crippen LogP contribution is -2.19. The highest BCUT2D eigenvalue weighted by Gasteiger charge is 2.26. The maximum absolute atomic E-state index is 13.9. The van der Waals surface area contributed by atoms with Gasteiger partial charge in [0.1, 0.15) is 17.5 Å². The Bertz CT molecular complexity index is 1190. The molecule has 31 heavy (non-hydrogen) atoms. The van der Waals surface area contributed by atoms with Gasteiger partial charge >= 0.3 is 0 Å². The first-order valence-corrected chi connectivity index (χ1v) is 10.1. The molecule has 0 radical (unpaired) electrons. The molecule has 3 heterocycles. The molecule has 1 saturated heterocycles. The van der Waals surface area contributed by atoms with Crippen LogP contribution in [-0.2, 0) is 9.59 Å². The highest BCUT2D eigenvalue weighted by molar-refractivity contribution is 6.32. The second kappa shape index (κ2) is 8.35. The Labute approximate surface area is 182 Å². The molecule has 0 atom stereocenters. The first-order valence-electron chi connectivity index (χ1n) is 9.71. The summed E-state index contributed by atoms with van der Waals surface area (Å²) in [5, 5.41) is 12.9. The third-order valence-electron chi connectivity index (χ3n) is 4.83. The lowest BCUT2D eigenvalue weighted by atomic mass is 10.1. The molecular formula is C21H20ClFN6O2. The molecule has 0 spiro atoms. The molecule has 2 fully saturated rings. The van der Waals surface area contributed by atoms with Gasteiger partial charge in [0.25, 0.3) is 5.91 Å². The number of carbonyl (C=O) groups is 2. The number of imide groups is 1. The van der Waals surface area contributed by atoms with Gasteiger partial charge in [-0.1, -0.05) is 24.3 Å². The number of allylic oxidation sites excluding steroid dienone is 4. The summed E-state index contributed by atoms with van der Waals surface area (Å²) in [5.74, 6) is -0.339. The average Bonchev–Trinajstić information content (AvgIpc) is 3.39. The minimum absolute atomic E-state index is 0.00521. The quantitative estimate of drug-likeness (QED) is 0.344. The molecule has 8 nitrogen and oxygen atoms in total. The van der Waals surface area contributed by atoms with E-state index in [0.29, 0.717) is 40.2 Å². The number of hydrogen-bond donors (Lipinski definition) is 3. The van der Waals surface area contributed by atoms with Crippen LogP contribution < -0.4 is 16.0 Å². The maximum atomic E-state index is 13.9. The van der Waals surface area contributed by atoms with Crippen molar-refractivity contribution < 1.29 is 14.0 Å². The molecule has 2 aromatic heterocycles. The van der Waals surface area contributed by atoms with E-state index in [1.165, 1.54) is 0 Å². The van der Waals surface area contributed by atoms with E-state index in [9.17, 15) is 14.0 Å². The topological polar surface area (TPSA) is 100 Å². The zero-order chi connectivity index (χ0) is 22.1. The second-order valence-electron chi connectivity index (χ2n) is 7.20. The Hall–Kier alpha value is -3.46. The van der Waals surface area contributed by atoms with Gasteiger partial charge in [-0.15, -0.1) is 0 Å². The van der Waals surface area contributed by atoms with Crippen molar-refractivity contribution in [3.63, 3.8) is 0 Å². The first kappa shape index (κ1) is 20.8. The molecule has 3 N–H and O–H groups in total. The van der Waals surface area contributed by atoms with Crippen molar-refractivity contribution in [2.45, 2.75) is 32.2 Å². The summed E-state index contributed by atoms with van der Waals surface area (Å²) in [6, 6.07) is 2.09. The van der Waals surface area contributed by atoms with Crippen molar-refractivity contribution in [2.75, 3.05) is 10.6 Å². The third-order valence-corrected chi connectivity index (χ3v) is 5.21. The summed E-state index contributed by atoms with van der Waals surface area (Å²) in [7, 11) is 0. The molecule has 1 aliphatic carbocycles. The molecule has 0 aromatic carbocycles. The summed E-state index contributed by atoms with van der Waals surface area (Å²) < 4.78 is 15.5. The smallest absolute Gasteiger partial charge is 0.254 e. The van der Waals surface area contributed by atoms with E-state index in [1.54, 1.807) is 35.9 Å². The van der Waals surface area contributed by atoms with Gasteiger partial charge in [0, 0.05) is 23.2 Å². The Morgan fingerprint density at radius 1 is 1.42 bits per heavy atom. The summed E-state index contributed by atoms with van der Waals surface area (Å²) in [5.41, 5.74) is 1.70. The summed E-state index contributed by atoms with van der Waals surface area (Å²) >= 11 is 6.11. The van der Waals surface area contributed by atoms with Crippen LogP contribution in [0.25, 0.3) is 11.7 Å². The van der Waals surface area contributed by atoms with E-state index >= 15 is 0 Å². The Morgan fingerprint density at radius 2 is 2.19 bits per heavy atom.